The third-order valence-electron chi connectivity index (χ3n) is 1.35. The minimum absolute atomic E-state index is 1.98. The van der Waals surface area contributed by atoms with Gasteiger partial charge in [-0.15, -0.1) is 4.33 Å². The van der Waals surface area contributed by atoms with Crippen LogP contribution in [-0.4, -0.2) is 28.5 Å². The molecule has 0 atom stereocenters. The second-order valence-corrected chi connectivity index (χ2v) is 3.21. The Kier molecular flexibility index (Phi) is 4.59. The highest BCUT2D eigenvalue weighted by Crippen LogP contribution is 2.58. The van der Waals surface area contributed by atoms with Crippen molar-refractivity contribution in [2.45, 2.75) is 23.3 Å². The maximum atomic E-state index is 12.7. The van der Waals surface area contributed by atoms with Crippen molar-refractivity contribution in [1.29, 1.82) is 0 Å². The van der Waals surface area contributed by atoms with E-state index in [1.54, 1.807) is 0 Å². The fourth-order valence-corrected chi connectivity index (χ4v) is 1.07. The minimum Gasteiger partial charge on any atom is -0.220 e. The van der Waals surface area contributed by atoms with Gasteiger partial charge in [0.1, 0.15) is 12.0 Å². The first-order valence-corrected chi connectivity index (χ1v) is 3.91. The third kappa shape index (κ3) is 2.89. The Hall–Kier alpha value is -0.400. The van der Waals surface area contributed by atoms with E-state index in [4.69, 9.17) is 5.26 Å². The average molecular weight is 300 g/mol. The zero-order valence-electron chi connectivity index (χ0n) is 7.07. The molecule has 0 heterocycles. The quantitative estimate of drug-likeness (QED) is 0.373. The van der Waals surface area contributed by atoms with Gasteiger partial charge in [-0.2, -0.15) is 35.1 Å². The van der Waals surface area contributed by atoms with Crippen LogP contribution in [0.2, 0.25) is 0 Å². The van der Waals surface area contributed by atoms with Crippen molar-refractivity contribution in [2.75, 3.05) is 0 Å². The Morgan fingerprint density at radius 3 is 1.35 bits per heavy atom. The molecule has 3 nitrogen and oxygen atoms in total. The number of alkyl halides is 9. The Morgan fingerprint density at radius 1 is 0.765 bits per heavy atom. The van der Waals surface area contributed by atoms with Crippen LogP contribution in [0.3, 0.4) is 0 Å². The maximum absolute atomic E-state index is 12.7. The van der Waals surface area contributed by atoms with Crippen LogP contribution in [0.15, 0.2) is 0 Å². The van der Waals surface area contributed by atoms with Gasteiger partial charge in [0.15, 0.2) is 0 Å². The molecule has 0 spiro atoms. The van der Waals surface area contributed by atoms with E-state index in [0.29, 0.717) is 0 Å². The number of halogens is 9. The van der Waals surface area contributed by atoms with Crippen LogP contribution in [0.4, 0.5) is 39.5 Å². The standard InChI is InChI=1S/C4HF9O3S/c5-1(2(6,7)8,3(9,10)11)4(12,13)17-16-15-14/h14H. The van der Waals surface area contributed by atoms with Crippen LogP contribution < -0.4 is 0 Å². The summed E-state index contributed by atoms with van der Waals surface area (Å²) in [4.78, 5) is 0. The molecule has 0 aliphatic carbocycles. The third-order valence-corrected chi connectivity index (χ3v) is 1.97. The zero-order valence-corrected chi connectivity index (χ0v) is 7.89. The summed E-state index contributed by atoms with van der Waals surface area (Å²) in [7, 11) is 0. The van der Waals surface area contributed by atoms with Crippen LogP contribution in [0.1, 0.15) is 0 Å². The van der Waals surface area contributed by atoms with Crippen molar-refractivity contribution in [3.05, 3.63) is 0 Å². The molecule has 0 saturated carbocycles. The van der Waals surface area contributed by atoms with E-state index in [1.807, 2.05) is 0 Å². The van der Waals surface area contributed by atoms with Gasteiger partial charge in [0.2, 0.25) is 0 Å². The second kappa shape index (κ2) is 4.70. The zero-order chi connectivity index (χ0) is 14.1. The molecule has 0 aromatic heterocycles. The van der Waals surface area contributed by atoms with E-state index < -0.39 is 35.3 Å². The Labute approximate surface area is 90.5 Å². The van der Waals surface area contributed by atoms with Gasteiger partial charge in [0.05, 0.1) is 0 Å². The molecule has 0 aromatic carbocycles. The molecule has 0 fully saturated rings. The van der Waals surface area contributed by atoms with Gasteiger partial charge in [-0.25, -0.2) is 9.65 Å². The minimum atomic E-state index is -6.96. The molecule has 0 radical (unpaired) electrons. The van der Waals surface area contributed by atoms with Crippen LogP contribution in [-0.2, 0) is 9.37 Å². The molecule has 1 N–H and O–H groups in total. The first-order valence-electron chi connectivity index (χ1n) is 3.17. The van der Waals surface area contributed by atoms with Crippen molar-refractivity contribution >= 4 is 12.0 Å². The average Bonchev–Trinajstić information content (AvgIpc) is 2.09. The van der Waals surface area contributed by atoms with Crippen molar-refractivity contribution in [3.63, 3.8) is 0 Å². The van der Waals surface area contributed by atoms with Gasteiger partial charge in [-0.05, 0) is 0 Å². The normalized spacial score (nSPS) is 15.2. The van der Waals surface area contributed by atoms with Gasteiger partial charge in [-0.3, -0.25) is 0 Å². The molecule has 0 rings (SSSR count). The molecular weight excluding hydrogens is 299 g/mol. The predicted octanol–water partition coefficient (Wildman–Crippen LogP) is 3.48. The van der Waals surface area contributed by atoms with E-state index in [1.165, 1.54) is 0 Å². The van der Waals surface area contributed by atoms with Gasteiger partial charge in [-0.1, -0.05) is 5.04 Å². The van der Waals surface area contributed by atoms with Crippen LogP contribution >= 0.6 is 12.0 Å². The summed E-state index contributed by atoms with van der Waals surface area (Å²) in [6.45, 7) is 0. The molecule has 0 bridgehead atoms. The van der Waals surface area contributed by atoms with E-state index in [2.05, 4.69) is 9.37 Å². The Morgan fingerprint density at radius 2 is 1.12 bits per heavy atom. The summed E-state index contributed by atoms with van der Waals surface area (Å²) in [5.74, 6) is 0. The van der Waals surface area contributed by atoms with Crippen LogP contribution in [0.5, 0.6) is 0 Å². The molecule has 0 aliphatic heterocycles. The number of hydrogen-bond donors (Lipinski definition) is 1. The van der Waals surface area contributed by atoms with E-state index in [9.17, 15) is 39.5 Å². The maximum Gasteiger partial charge on any atom is 0.438 e. The number of hydrogen-bond acceptors (Lipinski definition) is 4. The van der Waals surface area contributed by atoms with Crippen LogP contribution in [0, 0.1) is 0 Å². The molecule has 0 aliphatic rings. The molecule has 0 amide bonds. The Balaban J connectivity index is 5.49. The van der Waals surface area contributed by atoms with Crippen molar-refractivity contribution < 1.29 is 54.1 Å². The summed E-state index contributed by atoms with van der Waals surface area (Å²) in [6, 6.07) is 0. The van der Waals surface area contributed by atoms with Crippen molar-refractivity contribution in [1.82, 2.24) is 0 Å². The SMILES string of the molecule is OOOSC(F)(F)C(F)(C(F)(F)F)C(F)(F)F. The molecule has 13 heteroatoms. The molecule has 0 unspecified atom stereocenters. The van der Waals surface area contributed by atoms with Crippen molar-refractivity contribution in [3.8, 4) is 0 Å². The smallest absolute Gasteiger partial charge is 0.220 e. The van der Waals surface area contributed by atoms with E-state index >= 15 is 0 Å². The van der Waals surface area contributed by atoms with Gasteiger partial charge in [0, 0.05) is 0 Å². The summed E-state index contributed by atoms with van der Waals surface area (Å²) in [6.07, 6.45) is -13.9. The highest BCUT2D eigenvalue weighted by molar-refractivity contribution is 7.95. The molecule has 0 aromatic rings. The summed E-state index contributed by atoms with van der Waals surface area (Å²) < 4.78 is 111. The lowest BCUT2D eigenvalue weighted by atomic mass is 10.1. The van der Waals surface area contributed by atoms with Crippen LogP contribution in [0.25, 0.3) is 0 Å². The Bertz CT molecular complexity index is 246. The van der Waals surface area contributed by atoms with E-state index in [0.717, 1.165) is 0 Å². The molecule has 17 heavy (non-hydrogen) atoms. The fourth-order valence-electron chi connectivity index (χ4n) is 0.606. The molecule has 0 saturated heterocycles. The number of rotatable bonds is 4. The predicted molar refractivity (Wildman–Crippen MR) is 33.3 cm³/mol. The molecule has 104 valence electrons. The highest BCUT2D eigenvalue weighted by atomic mass is 32.2. The summed E-state index contributed by atoms with van der Waals surface area (Å²) in [5, 5.41) is 3.59. The fraction of sp³-hybridized carbons (Fsp3) is 1.00. The topological polar surface area (TPSA) is 38.7 Å². The largest absolute Gasteiger partial charge is 0.438 e. The first kappa shape index (κ1) is 16.6. The highest BCUT2D eigenvalue weighted by Gasteiger charge is 2.85. The van der Waals surface area contributed by atoms with Crippen molar-refractivity contribution in [2.24, 2.45) is 0 Å². The lowest BCUT2D eigenvalue weighted by Gasteiger charge is -2.34. The second-order valence-electron chi connectivity index (χ2n) is 2.40. The summed E-state index contributed by atoms with van der Waals surface area (Å²) in [5.41, 5.74) is -6.86. The van der Waals surface area contributed by atoms with E-state index in [-0.39, 0.29) is 0 Å². The lowest BCUT2D eigenvalue weighted by Crippen LogP contribution is -2.63. The van der Waals surface area contributed by atoms with Gasteiger partial charge in [0.25, 0.3) is 0 Å². The van der Waals surface area contributed by atoms with Gasteiger partial charge >= 0.3 is 23.3 Å². The summed E-state index contributed by atoms with van der Waals surface area (Å²) >= 11 is -1.98. The van der Waals surface area contributed by atoms with Gasteiger partial charge < -0.3 is 0 Å². The monoisotopic (exact) mass is 300 g/mol. The molecular formula is C4HF9O3S. The first-order chi connectivity index (χ1) is 7.31. The lowest BCUT2D eigenvalue weighted by molar-refractivity contribution is -0.436.